The first-order chi connectivity index (χ1) is 24.8. The van der Waals surface area contributed by atoms with E-state index in [1.165, 1.54) is 10.8 Å². The number of para-hydroxylation sites is 3. The van der Waals surface area contributed by atoms with E-state index in [4.69, 9.17) is 14.4 Å². The molecule has 1 N–H and O–H groups in total. The van der Waals surface area contributed by atoms with Crippen LogP contribution in [0.5, 0.6) is 0 Å². The molecule has 1 aliphatic heterocycles. The van der Waals surface area contributed by atoms with Gasteiger partial charge >= 0.3 is 0 Å². The van der Waals surface area contributed by atoms with Crippen LogP contribution in [-0.4, -0.2) is 16.2 Å². The Balaban J connectivity index is 1.09. The molecule has 3 heterocycles. The molecule has 0 saturated heterocycles. The topological polar surface area (TPSA) is 54.8 Å². The van der Waals surface area contributed by atoms with Crippen LogP contribution in [0.15, 0.2) is 184 Å². The fourth-order valence-corrected chi connectivity index (χ4v) is 7.28. The molecule has 2 aromatic heterocycles. The maximum atomic E-state index is 6.43. The van der Waals surface area contributed by atoms with E-state index in [1.807, 2.05) is 48.5 Å². The second-order valence-corrected chi connectivity index (χ2v) is 12.6. The van der Waals surface area contributed by atoms with Gasteiger partial charge in [-0.05, 0) is 53.6 Å². The van der Waals surface area contributed by atoms with Crippen molar-refractivity contribution in [1.82, 2.24) is 9.88 Å². The molecular formula is C45H30N4O. The third-order valence-corrected chi connectivity index (χ3v) is 9.68. The van der Waals surface area contributed by atoms with Gasteiger partial charge in [-0.15, -0.1) is 0 Å². The summed E-state index contributed by atoms with van der Waals surface area (Å²) in [5, 5.41) is 8.28. The molecule has 0 bridgehead atoms. The minimum absolute atomic E-state index is 0.245. The highest BCUT2D eigenvalue weighted by Crippen LogP contribution is 2.39. The molecule has 0 aliphatic carbocycles. The predicted molar refractivity (Wildman–Crippen MR) is 205 cm³/mol. The van der Waals surface area contributed by atoms with Gasteiger partial charge in [-0.25, -0.2) is 9.98 Å². The lowest BCUT2D eigenvalue weighted by Gasteiger charge is -2.23. The van der Waals surface area contributed by atoms with Crippen LogP contribution in [0.25, 0.3) is 60.6 Å². The number of benzene rings is 7. The molecule has 0 saturated carbocycles. The third-order valence-electron chi connectivity index (χ3n) is 9.68. The smallest absolute Gasteiger partial charge is 0.159 e. The Labute approximate surface area is 288 Å². The van der Waals surface area contributed by atoms with Crippen LogP contribution in [0.4, 0.5) is 0 Å². The first-order valence-electron chi connectivity index (χ1n) is 16.9. The number of rotatable bonds is 5. The van der Waals surface area contributed by atoms with Crippen molar-refractivity contribution in [2.45, 2.75) is 6.17 Å². The molecule has 0 amide bonds. The number of nitrogens with one attached hydrogen (secondary N) is 1. The molecule has 0 spiro atoms. The van der Waals surface area contributed by atoms with Crippen molar-refractivity contribution >= 4 is 55.4 Å². The van der Waals surface area contributed by atoms with Gasteiger partial charge in [-0.2, -0.15) is 0 Å². The van der Waals surface area contributed by atoms with Crippen molar-refractivity contribution in [3.05, 3.63) is 187 Å². The van der Waals surface area contributed by atoms with E-state index < -0.39 is 0 Å². The SMILES string of the molecule is c1ccc(C2=N[C@H](c3ccccc3)NC(c3ccc(-n4c5ccccc5c5ccc(-c6cccc7c6oc6ccccc67)cc54)cc3)=N2)cc1. The van der Waals surface area contributed by atoms with Gasteiger partial charge in [-0.1, -0.05) is 127 Å². The van der Waals surface area contributed by atoms with E-state index in [0.717, 1.165) is 72.3 Å². The molecule has 0 radical (unpaired) electrons. The van der Waals surface area contributed by atoms with Crippen LogP contribution in [-0.2, 0) is 0 Å². The average Bonchev–Trinajstić information content (AvgIpc) is 3.74. The van der Waals surface area contributed by atoms with Crippen LogP contribution in [0.1, 0.15) is 22.9 Å². The molecule has 0 unspecified atom stereocenters. The first kappa shape index (κ1) is 28.3. The number of amidine groups is 2. The highest BCUT2D eigenvalue weighted by Gasteiger charge is 2.21. The van der Waals surface area contributed by atoms with E-state index >= 15 is 0 Å². The van der Waals surface area contributed by atoms with Gasteiger partial charge in [0.15, 0.2) is 5.84 Å². The van der Waals surface area contributed by atoms with E-state index in [9.17, 15) is 0 Å². The van der Waals surface area contributed by atoms with Crippen molar-refractivity contribution in [3.63, 3.8) is 0 Å². The quantitative estimate of drug-likeness (QED) is 0.203. The zero-order valence-electron chi connectivity index (χ0n) is 27.0. The molecule has 236 valence electrons. The Morgan fingerprint density at radius 2 is 1.20 bits per heavy atom. The second kappa shape index (κ2) is 11.5. The van der Waals surface area contributed by atoms with E-state index in [0.29, 0.717) is 5.84 Å². The minimum Gasteiger partial charge on any atom is -0.455 e. The van der Waals surface area contributed by atoms with Gasteiger partial charge in [0.05, 0.1) is 11.0 Å². The number of fused-ring (bicyclic) bond motifs is 6. The van der Waals surface area contributed by atoms with Gasteiger partial charge in [0, 0.05) is 43.9 Å². The minimum atomic E-state index is -0.245. The Morgan fingerprint density at radius 1 is 0.520 bits per heavy atom. The van der Waals surface area contributed by atoms with Crippen molar-refractivity contribution < 1.29 is 4.42 Å². The molecular weight excluding hydrogens is 613 g/mol. The van der Waals surface area contributed by atoms with Gasteiger partial charge < -0.3 is 14.3 Å². The van der Waals surface area contributed by atoms with Crippen LogP contribution in [0.3, 0.4) is 0 Å². The Morgan fingerprint density at radius 3 is 2.04 bits per heavy atom. The lowest BCUT2D eigenvalue weighted by Crippen LogP contribution is -2.33. The highest BCUT2D eigenvalue weighted by molar-refractivity contribution is 6.14. The van der Waals surface area contributed by atoms with E-state index in [2.05, 4.69) is 131 Å². The lowest BCUT2D eigenvalue weighted by atomic mass is 10.0. The van der Waals surface area contributed by atoms with Crippen LogP contribution < -0.4 is 5.32 Å². The number of aliphatic imine (C=N–C) groups is 2. The molecule has 10 rings (SSSR count). The summed E-state index contributed by atoms with van der Waals surface area (Å²) in [7, 11) is 0. The van der Waals surface area contributed by atoms with E-state index in [-0.39, 0.29) is 6.17 Å². The first-order valence-corrected chi connectivity index (χ1v) is 16.9. The van der Waals surface area contributed by atoms with Gasteiger partial charge in [0.2, 0.25) is 0 Å². The number of nitrogens with zero attached hydrogens (tertiary/aromatic N) is 3. The molecule has 0 fully saturated rings. The summed E-state index contributed by atoms with van der Waals surface area (Å²) in [6.45, 7) is 0. The maximum absolute atomic E-state index is 6.43. The van der Waals surface area contributed by atoms with Gasteiger partial charge in [0.25, 0.3) is 0 Å². The second-order valence-electron chi connectivity index (χ2n) is 12.6. The molecule has 5 nitrogen and oxygen atoms in total. The van der Waals surface area contributed by atoms with Crippen molar-refractivity contribution in [2.24, 2.45) is 9.98 Å². The molecule has 7 aromatic carbocycles. The summed E-state index contributed by atoms with van der Waals surface area (Å²) in [6, 6.07) is 59.2. The zero-order chi connectivity index (χ0) is 33.0. The normalized spacial score (nSPS) is 14.6. The van der Waals surface area contributed by atoms with Crippen LogP contribution >= 0.6 is 0 Å². The van der Waals surface area contributed by atoms with Crippen molar-refractivity contribution in [3.8, 4) is 16.8 Å². The predicted octanol–water partition coefficient (Wildman–Crippen LogP) is 10.8. The fraction of sp³-hybridized carbons (Fsp3) is 0.0222. The molecule has 1 atom stereocenters. The summed E-state index contributed by atoms with van der Waals surface area (Å²) in [5.41, 5.74) is 10.5. The van der Waals surface area contributed by atoms with Crippen LogP contribution in [0.2, 0.25) is 0 Å². The lowest BCUT2D eigenvalue weighted by molar-refractivity contribution is 0.670. The number of hydrogen-bond acceptors (Lipinski definition) is 4. The summed E-state index contributed by atoms with van der Waals surface area (Å²) in [6.07, 6.45) is -0.245. The highest BCUT2D eigenvalue weighted by atomic mass is 16.3. The molecule has 9 aromatic rings. The Kier molecular flexibility index (Phi) is 6.49. The van der Waals surface area contributed by atoms with Crippen molar-refractivity contribution in [1.29, 1.82) is 0 Å². The van der Waals surface area contributed by atoms with E-state index in [1.54, 1.807) is 0 Å². The monoisotopic (exact) mass is 642 g/mol. The van der Waals surface area contributed by atoms with Gasteiger partial charge in [-0.3, -0.25) is 0 Å². The molecule has 1 aliphatic rings. The fourth-order valence-electron chi connectivity index (χ4n) is 7.28. The summed E-state index contributed by atoms with van der Waals surface area (Å²) >= 11 is 0. The zero-order valence-corrected chi connectivity index (χ0v) is 27.0. The number of furan rings is 1. The van der Waals surface area contributed by atoms with Crippen LogP contribution in [0, 0.1) is 0 Å². The van der Waals surface area contributed by atoms with Gasteiger partial charge in [0.1, 0.15) is 23.2 Å². The molecule has 50 heavy (non-hydrogen) atoms. The average molecular weight is 643 g/mol. The summed E-state index contributed by atoms with van der Waals surface area (Å²) in [5.74, 6) is 1.51. The largest absolute Gasteiger partial charge is 0.455 e. The molecule has 5 heteroatoms. The third kappa shape index (κ3) is 4.63. The van der Waals surface area contributed by atoms with Crippen molar-refractivity contribution in [2.75, 3.05) is 0 Å². The maximum Gasteiger partial charge on any atom is 0.159 e. The Bertz CT molecular complexity index is 2770. The number of aromatic nitrogens is 1. The summed E-state index contributed by atoms with van der Waals surface area (Å²) in [4.78, 5) is 10.0. The number of hydrogen-bond donors (Lipinski definition) is 1. The summed E-state index contributed by atoms with van der Waals surface area (Å²) < 4.78 is 8.79. The Hall–Kier alpha value is -6.72. The standard InChI is InChI=1S/C45H30N4O/c1-3-12-29(13-4-1)43-46-44(30-14-5-2-6-15-30)48-45(47-43)31-22-25-33(26-23-31)49-39-20-9-7-16-35(39)36-27-24-32(28-40(36)49)34-18-11-19-38-37-17-8-10-21-41(37)50-42(34)38/h1-28,43H,(H,46,47,48)/t43-/m0/s1.